The molecule has 1 rings (SSSR count). The zero-order chi connectivity index (χ0) is 9.41. The molecular weight excluding hydrogens is 144 g/mol. The third-order valence-electron chi connectivity index (χ3n) is 4.34. The fourth-order valence-electron chi connectivity index (χ4n) is 2.36. The Bertz CT molecular complexity index is 155. The first-order valence-electron chi connectivity index (χ1n) is 5.46. The lowest BCUT2D eigenvalue weighted by molar-refractivity contribution is 0.209. The fourth-order valence-corrected chi connectivity index (χ4v) is 2.36. The summed E-state index contributed by atoms with van der Waals surface area (Å²) in [6.07, 6.45) is 5.58. The molecule has 0 aromatic rings. The zero-order valence-electron chi connectivity index (χ0n) is 9.41. The molecule has 2 unspecified atom stereocenters. The third-order valence-corrected chi connectivity index (χ3v) is 4.34. The van der Waals surface area contributed by atoms with Gasteiger partial charge in [0.2, 0.25) is 0 Å². The molecule has 0 aromatic carbocycles. The number of hydrogen-bond donors (Lipinski definition) is 0. The van der Waals surface area contributed by atoms with E-state index in [4.69, 9.17) is 0 Å². The van der Waals surface area contributed by atoms with Gasteiger partial charge in [0.25, 0.3) is 0 Å². The molecule has 0 amide bonds. The Morgan fingerprint density at radius 3 is 2.00 bits per heavy atom. The van der Waals surface area contributed by atoms with Crippen LogP contribution in [-0.4, -0.2) is 0 Å². The van der Waals surface area contributed by atoms with Crippen LogP contribution in [-0.2, 0) is 0 Å². The Labute approximate surface area is 77.7 Å². The van der Waals surface area contributed by atoms with Gasteiger partial charge in [-0.05, 0) is 29.6 Å². The minimum absolute atomic E-state index is 0.611. The quantitative estimate of drug-likeness (QED) is 0.588. The summed E-state index contributed by atoms with van der Waals surface area (Å²) in [5.74, 6) is 0.981. The van der Waals surface area contributed by atoms with Crippen molar-refractivity contribution in [1.29, 1.82) is 0 Å². The standard InChI is InChI=1S/C12H24/c1-6-11(4,7-2)9-12(5)8-10(12)3/h10H,6-9H2,1-5H3. The third kappa shape index (κ3) is 1.84. The van der Waals surface area contributed by atoms with E-state index in [9.17, 15) is 0 Å². The summed E-state index contributed by atoms with van der Waals surface area (Å²) in [6.45, 7) is 12.0. The predicted molar refractivity (Wildman–Crippen MR) is 55.2 cm³/mol. The van der Waals surface area contributed by atoms with Crippen LogP contribution >= 0.6 is 0 Å². The second-order valence-electron chi connectivity index (χ2n) is 5.45. The van der Waals surface area contributed by atoms with Crippen LogP contribution in [0.4, 0.5) is 0 Å². The van der Waals surface area contributed by atoms with E-state index in [2.05, 4.69) is 34.6 Å². The minimum atomic E-state index is 0.611. The van der Waals surface area contributed by atoms with Crippen molar-refractivity contribution in [2.75, 3.05) is 0 Å². The van der Waals surface area contributed by atoms with Gasteiger partial charge in [0.05, 0.1) is 0 Å². The zero-order valence-corrected chi connectivity index (χ0v) is 9.41. The van der Waals surface area contributed by atoms with Gasteiger partial charge < -0.3 is 0 Å². The van der Waals surface area contributed by atoms with Crippen molar-refractivity contribution >= 4 is 0 Å². The van der Waals surface area contributed by atoms with Crippen molar-refractivity contribution in [2.24, 2.45) is 16.7 Å². The van der Waals surface area contributed by atoms with E-state index in [0.717, 1.165) is 5.92 Å². The summed E-state index contributed by atoms with van der Waals surface area (Å²) in [5, 5.41) is 0. The monoisotopic (exact) mass is 168 g/mol. The van der Waals surface area contributed by atoms with E-state index in [1.54, 1.807) is 0 Å². The van der Waals surface area contributed by atoms with Crippen LogP contribution in [0.3, 0.4) is 0 Å². The average molecular weight is 168 g/mol. The molecule has 1 aliphatic rings. The summed E-state index contributed by atoms with van der Waals surface area (Å²) in [6, 6.07) is 0. The van der Waals surface area contributed by atoms with E-state index in [0.29, 0.717) is 10.8 Å². The minimum Gasteiger partial charge on any atom is -0.0649 e. The van der Waals surface area contributed by atoms with Gasteiger partial charge in [-0.1, -0.05) is 47.5 Å². The van der Waals surface area contributed by atoms with E-state index in [1.165, 1.54) is 25.7 Å². The molecule has 0 heterocycles. The molecule has 1 aliphatic carbocycles. The van der Waals surface area contributed by atoms with Gasteiger partial charge >= 0.3 is 0 Å². The largest absolute Gasteiger partial charge is 0.0649 e. The summed E-state index contributed by atoms with van der Waals surface area (Å²) < 4.78 is 0. The Morgan fingerprint density at radius 2 is 1.75 bits per heavy atom. The van der Waals surface area contributed by atoms with Crippen LogP contribution in [0.5, 0.6) is 0 Å². The Hall–Kier alpha value is 0. The molecule has 0 saturated heterocycles. The van der Waals surface area contributed by atoms with Gasteiger partial charge in [0, 0.05) is 0 Å². The SMILES string of the molecule is CCC(C)(CC)CC1(C)CC1C. The smallest absolute Gasteiger partial charge is 0.0292 e. The second kappa shape index (κ2) is 3.05. The van der Waals surface area contributed by atoms with Gasteiger partial charge in [-0.2, -0.15) is 0 Å². The van der Waals surface area contributed by atoms with Gasteiger partial charge in [0.1, 0.15) is 0 Å². The molecule has 72 valence electrons. The molecule has 0 spiro atoms. The van der Waals surface area contributed by atoms with Gasteiger partial charge in [0.15, 0.2) is 0 Å². The Balaban J connectivity index is 2.49. The highest BCUT2D eigenvalue weighted by Gasteiger charge is 2.49. The first kappa shape index (κ1) is 10.1. The van der Waals surface area contributed by atoms with E-state index < -0.39 is 0 Å². The Morgan fingerprint density at radius 1 is 1.33 bits per heavy atom. The van der Waals surface area contributed by atoms with Gasteiger partial charge in [-0.25, -0.2) is 0 Å². The lowest BCUT2D eigenvalue weighted by Gasteiger charge is -2.30. The lowest BCUT2D eigenvalue weighted by Crippen LogP contribution is -2.19. The lowest BCUT2D eigenvalue weighted by atomic mass is 9.75. The summed E-state index contributed by atoms with van der Waals surface area (Å²) in [5.41, 5.74) is 1.31. The molecule has 0 heteroatoms. The Kier molecular flexibility index (Phi) is 2.56. The van der Waals surface area contributed by atoms with Gasteiger partial charge in [-0.15, -0.1) is 0 Å². The molecule has 1 saturated carbocycles. The van der Waals surface area contributed by atoms with Crippen molar-refractivity contribution in [1.82, 2.24) is 0 Å². The van der Waals surface area contributed by atoms with Crippen molar-refractivity contribution in [2.45, 2.75) is 60.3 Å². The van der Waals surface area contributed by atoms with E-state index in [1.807, 2.05) is 0 Å². The van der Waals surface area contributed by atoms with Crippen LogP contribution in [0, 0.1) is 16.7 Å². The fraction of sp³-hybridized carbons (Fsp3) is 1.00. The summed E-state index contributed by atoms with van der Waals surface area (Å²) >= 11 is 0. The molecule has 0 bridgehead atoms. The normalized spacial score (nSPS) is 35.2. The molecule has 0 N–H and O–H groups in total. The van der Waals surface area contributed by atoms with Crippen molar-refractivity contribution < 1.29 is 0 Å². The molecule has 0 aromatic heterocycles. The number of hydrogen-bond acceptors (Lipinski definition) is 0. The average Bonchev–Trinajstić information content (AvgIpc) is 2.59. The summed E-state index contributed by atoms with van der Waals surface area (Å²) in [7, 11) is 0. The predicted octanol–water partition coefficient (Wildman–Crippen LogP) is 4.25. The van der Waals surface area contributed by atoms with Crippen LogP contribution in [0.15, 0.2) is 0 Å². The molecule has 0 nitrogen and oxygen atoms in total. The van der Waals surface area contributed by atoms with Crippen molar-refractivity contribution in [3.8, 4) is 0 Å². The van der Waals surface area contributed by atoms with Crippen LogP contribution in [0.1, 0.15) is 60.3 Å². The number of rotatable bonds is 4. The van der Waals surface area contributed by atoms with Crippen molar-refractivity contribution in [3.05, 3.63) is 0 Å². The van der Waals surface area contributed by atoms with E-state index in [-0.39, 0.29) is 0 Å². The molecule has 0 aliphatic heterocycles. The van der Waals surface area contributed by atoms with Crippen LogP contribution in [0.2, 0.25) is 0 Å². The maximum Gasteiger partial charge on any atom is -0.0292 e. The molecule has 0 radical (unpaired) electrons. The highest BCUT2D eigenvalue weighted by molar-refractivity contribution is 4.99. The van der Waals surface area contributed by atoms with Crippen molar-refractivity contribution in [3.63, 3.8) is 0 Å². The first-order valence-corrected chi connectivity index (χ1v) is 5.46. The maximum absolute atomic E-state index is 2.46. The molecular formula is C12H24. The van der Waals surface area contributed by atoms with E-state index >= 15 is 0 Å². The van der Waals surface area contributed by atoms with Gasteiger partial charge in [-0.3, -0.25) is 0 Å². The maximum atomic E-state index is 2.46. The van der Waals surface area contributed by atoms with Crippen LogP contribution in [0.25, 0.3) is 0 Å². The van der Waals surface area contributed by atoms with Crippen LogP contribution < -0.4 is 0 Å². The highest BCUT2D eigenvalue weighted by atomic mass is 14.5. The molecule has 2 atom stereocenters. The second-order valence-corrected chi connectivity index (χ2v) is 5.45. The molecule has 1 fully saturated rings. The first-order chi connectivity index (χ1) is 5.46. The molecule has 12 heavy (non-hydrogen) atoms. The highest BCUT2D eigenvalue weighted by Crippen LogP contribution is 2.59. The topological polar surface area (TPSA) is 0 Å². The summed E-state index contributed by atoms with van der Waals surface area (Å²) in [4.78, 5) is 0.